The number of nitrogens with zero attached hydrogens (tertiary/aromatic N) is 6. The number of fused-ring (bicyclic) bond motifs is 3. The van der Waals surface area contributed by atoms with Crippen molar-refractivity contribution in [1.29, 1.82) is 0 Å². The fourth-order valence-electron chi connectivity index (χ4n) is 13.8. The van der Waals surface area contributed by atoms with Crippen LogP contribution in [0.15, 0.2) is 247 Å². The van der Waals surface area contributed by atoms with Gasteiger partial charge in [0.25, 0.3) is 33.4 Å². The maximum atomic E-state index is 14.8. The average molecular weight is 1500 g/mol. The van der Waals surface area contributed by atoms with Gasteiger partial charge in [-0.3, -0.25) is 28.8 Å². The second-order valence-corrected chi connectivity index (χ2v) is 28.6. The van der Waals surface area contributed by atoms with Crippen molar-refractivity contribution < 1.29 is 0 Å². The Kier molecular flexibility index (Phi) is 25.7. The van der Waals surface area contributed by atoms with Crippen LogP contribution in [0.3, 0.4) is 0 Å². The van der Waals surface area contributed by atoms with Crippen LogP contribution in [0, 0.1) is 72.8 Å². The molecule has 18 bridgehead atoms. The van der Waals surface area contributed by atoms with Crippen molar-refractivity contribution in [3.63, 3.8) is 0 Å². The molecule has 0 spiro atoms. The molecule has 0 aliphatic rings. The minimum atomic E-state index is -0.205. The van der Waals surface area contributed by atoms with Crippen LogP contribution in [-0.4, -0.2) is 27.4 Å². The smallest absolute Gasteiger partial charge is 0.258 e. The zero-order chi connectivity index (χ0) is 79.5. The van der Waals surface area contributed by atoms with Crippen LogP contribution in [0.2, 0.25) is 0 Å². The third-order valence-electron chi connectivity index (χ3n) is 20.6. The van der Waals surface area contributed by atoms with Gasteiger partial charge in [-0.2, -0.15) is 0 Å². The Morgan fingerprint density at radius 3 is 0.412 bits per heavy atom. The predicted octanol–water partition coefficient (Wildman–Crippen LogP) is 21.3. The van der Waals surface area contributed by atoms with E-state index in [0.29, 0.717) is 169 Å². The standard InChI is InChI=1S/C102H90N6O6/c1-7-13-67-103-85-49-19-73(20-50-85)31-61-91-92(62-32-74-21-51-86(52-22-74)104(68-14-8-2)98(110)80-39-37-79(38-40-80)97(103)109)94-64-34-76-25-55-88(56-26-76)106(70-16-10-4)101(113)83-45-47-84(48-46-83)102(114)108(72-18-12-6)90-59-29-78(30-60-90)36-66-96(94)95-65-35-77-27-57-89(58-28-77)107(71-17-11-5)100(112)82-43-41-81(42-44-82)99(111)105(69-15-9-3)87-53-23-75(24-54-87)33-63-93(91)95/h19-30,37-60H,7-18,67-72H2,1-6H3. The molecule has 0 saturated heterocycles. The van der Waals surface area contributed by atoms with Crippen molar-refractivity contribution in [3.8, 4) is 0 Å². The summed E-state index contributed by atoms with van der Waals surface area (Å²) < 4.78 is 10.6. The summed E-state index contributed by atoms with van der Waals surface area (Å²) in [5, 5.41) is 8.70. The molecule has 0 N–H and O–H groups in total. The Labute approximate surface area is 664 Å². The van der Waals surface area contributed by atoms with E-state index in [2.05, 4.69) is 114 Å². The minimum Gasteiger partial charge on any atom is -0.308 e. The van der Waals surface area contributed by atoms with E-state index in [-0.39, 0.29) is 33.4 Å². The van der Waals surface area contributed by atoms with Gasteiger partial charge in [0.2, 0.25) is 0 Å². The normalized spacial score (nSPS) is 10.8. The third-order valence-corrected chi connectivity index (χ3v) is 20.6. The molecule has 15 aromatic heterocycles. The van der Waals surface area contributed by atoms with Crippen molar-refractivity contribution in [2.75, 3.05) is 0 Å². The second-order valence-electron chi connectivity index (χ2n) is 28.6. The Morgan fingerprint density at radius 1 is 0.175 bits per heavy atom. The summed E-state index contributed by atoms with van der Waals surface area (Å²) >= 11 is 0. The lowest BCUT2D eigenvalue weighted by Crippen LogP contribution is -2.20. The largest absolute Gasteiger partial charge is 0.308 e. The van der Waals surface area contributed by atoms with Gasteiger partial charge in [-0.05, 0) is 257 Å². The fourth-order valence-corrected chi connectivity index (χ4v) is 13.8. The summed E-state index contributed by atoms with van der Waals surface area (Å²) in [6.07, 6.45) is 9.51. The van der Waals surface area contributed by atoms with Gasteiger partial charge in [-0.1, -0.05) is 153 Å². The van der Waals surface area contributed by atoms with E-state index in [4.69, 9.17) is 0 Å². The van der Waals surface area contributed by atoms with Gasteiger partial charge in [0.05, 0.1) is 32.3 Å². The highest BCUT2D eigenvalue weighted by atomic mass is 16.2. The maximum Gasteiger partial charge on any atom is 0.258 e. The number of hydrogen-bond donors (Lipinski definition) is 0. The van der Waals surface area contributed by atoms with Crippen LogP contribution >= 0.6 is 0 Å². The number of aryl methyl sites for hydroxylation is 6. The summed E-state index contributed by atoms with van der Waals surface area (Å²) in [5.74, 6) is 0. The lowest BCUT2D eigenvalue weighted by atomic mass is 10.0. The molecule has 564 valence electrons. The van der Waals surface area contributed by atoms with E-state index < -0.39 is 0 Å². The van der Waals surface area contributed by atoms with Crippen molar-refractivity contribution in [1.82, 2.24) is 27.4 Å². The van der Waals surface area contributed by atoms with E-state index in [1.807, 2.05) is 146 Å². The zero-order valence-electron chi connectivity index (χ0n) is 65.6. The van der Waals surface area contributed by atoms with Crippen LogP contribution in [-0.2, 0) is 39.3 Å². The molecule has 10 aromatic carbocycles. The quantitative estimate of drug-likeness (QED) is 0.0840. The molecule has 0 saturated carbocycles. The van der Waals surface area contributed by atoms with Gasteiger partial charge in [-0.25, -0.2) is 0 Å². The van der Waals surface area contributed by atoms with Gasteiger partial charge in [0.1, 0.15) is 0 Å². The molecule has 12 heteroatoms. The number of benzene rings is 10. The molecular formula is C102H90N6O6. The van der Waals surface area contributed by atoms with Crippen molar-refractivity contribution >= 4 is 130 Å². The minimum absolute atomic E-state index is 0.205. The number of aromatic nitrogens is 6. The van der Waals surface area contributed by atoms with Gasteiger partial charge in [0.15, 0.2) is 0 Å². The summed E-state index contributed by atoms with van der Waals surface area (Å²) in [4.78, 5) is 88.7. The van der Waals surface area contributed by atoms with Gasteiger partial charge in [0, 0.05) is 137 Å². The van der Waals surface area contributed by atoms with Gasteiger partial charge < -0.3 is 27.4 Å². The SMILES string of the molecule is CCCCn1c(=O)c2ccc(cc2)c(=O)n(CCCC)c2ccc(c#cc3c(c#cc4ccc1cc4)c1c#cc4ccc(cc4)n(CCCC)c(=O)c4ccc(cc4)c(=O)n(CCCC)c4ccc(c#cc1c1c#cc5ccc(cc5)n(CCCC)c(=O)c5ccc(cc5)c(=O)n(CCCC)c5ccc(c#cc31)cc5)cc4)cc2. The maximum absolute atomic E-state index is 14.8. The summed E-state index contributed by atoms with van der Waals surface area (Å²) in [6, 6.07) is 109. The first kappa shape index (κ1) is 78.5. The first-order valence-corrected chi connectivity index (χ1v) is 39.9. The first-order chi connectivity index (χ1) is 55.8. The number of rotatable bonds is 18. The summed E-state index contributed by atoms with van der Waals surface area (Å²) in [7, 11) is 0. The highest BCUT2D eigenvalue weighted by Gasteiger charge is 2.11. The van der Waals surface area contributed by atoms with Crippen molar-refractivity contribution in [2.45, 2.75) is 158 Å². The average Bonchev–Trinajstić information content (AvgIpc) is 0.759. The number of hydrogen-bond acceptors (Lipinski definition) is 6. The molecule has 0 radical (unpaired) electrons. The molecule has 25 aromatic rings. The lowest BCUT2D eigenvalue weighted by molar-refractivity contribution is 0.634. The molecule has 0 unspecified atom stereocenters. The Hall–Kier alpha value is -13.6. The van der Waals surface area contributed by atoms with Crippen LogP contribution in [0.4, 0.5) is 0 Å². The molecule has 0 amide bonds. The fraction of sp³-hybridized carbons (Fsp3) is 0.235. The van der Waals surface area contributed by atoms with Crippen LogP contribution in [0.5, 0.6) is 0 Å². The highest BCUT2D eigenvalue weighted by molar-refractivity contribution is 6.22. The molecule has 114 heavy (non-hydrogen) atoms. The van der Waals surface area contributed by atoms with E-state index in [1.54, 1.807) is 100 Å². The molecule has 0 atom stereocenters. The molecule has 0 aliphatic carbocycles. The predicted molar refractivity (Wildman–Crippen MR) is 470 cm³/mol. The zero-order valence-corrected chi connectivity index (χ0v) is 65.6. The van der Waals surface area contributed by atoms with Crippen LogP contribution in [0.1, 0.15) is 119 Å². The molecule has 15 heterocycles. The Balaban J connectivity index is 1.28. The summed E-state index contributed by atoms with van der Waals surface area (Å²) in [6.45, 7) is 15.2. The monoisotopic (exact) mass is 1490 g/mol. The number of unbranched alkanes of at least 4 members (excludes halogenated alkanes) is 6. The van der Waals surface area contributed by atoms with Gasteiger partial charge in [-0.15, -0.1) is 0 Å². The van der Waals surface area contributed by atoms with Gasteiger partial charge >= 0.3 is 0 Å². The van der Waals surface area contributed by atoms with E-state index in [0.717, 1.165) is 77.0 Å². The Morgan fingerprint density at radius 2 is 0.298 bits per heavy atom. The van der Waals surface area contributed by atoms with E-state index >= 15 is 0 Å². The lowest BCUT2D eigenvalue weighted by Gasteiger charge is -2.07. The highest BCUT2D eigenvalue weighted by Crippen LogP contribution is 2.29. The van der Waals surface area contributed by atoms with Crippen molar-refractivity contribution in [2.24, 2.45) is 0 Å². The van der Waals surface area contributed by atoms with Crippen molar-refractivity contribution in [3.05, 3.63) is 353 Å². The summed E-state index contributed by atoms with van der Waals surface area (Å²) in [5.41, 5.74) is 2.79. The van der Waals surface area contributed by atoms with Crippen LogP contribution < -0.4 is 33.4 Å². The Bertz CT molecular complexity index is 5570. The third kappa shape index (κ3) is 18.2. The van der Waals surface area contributed by atoms with E-state index in [9.17, 15) is 28.8 Å². The molecule has 0 aliphatic heterocycles. The molecule has 25 rings (SSSR count). The topological polar surface area (TPSA) is 132 Å². The molecule has 0 fully saturated rings. The van der Waals surface area contributed by atoms with Crippen LogP contribution in [0.25, 0.3) is 130 Å². The second kappa shape index (κ2) is 37.4. The molecule has 12 nitrogen and oxygen atoms in total. The van der Waals surface area contributed by atoms with E-state index in [1.165, 1.54) is 0 Å². The molecular weight excluding hydrogens is 1410 g/mol. The first-order valence-electron chi connectivity index (χ1n) is 39.9.